The summed E-state index contributed by atoms with van der Waals surface area (Å²) in [5.41, 5.74) is -0.304. The molecule has 0 aliphatic carbocycles. The van der Waals surface area contributed by atoms with Gasteiger partial charge in [-0.15, -0.1) is 0 Å². The molecule has 2 aromatic carbocycles. The molecule has 0 bridgehead atoms. The lowest BCUT2D eigenvalue weighted by atomic mass is 10.1. The van der Waals surface area contributed by atoms with Crippen molar-refractivity contribution in [1.82, 2.24) is 4.90 Å². The van der Waals surface area contributed by atoms with Crippen molar-refractivity contribution < 1.29 is 32.2 Å². The van der Waals surface area contributed by atoms with Gasteiger partial charge in [-0.2, -0.15) is 13.2 Å². The zero-order valence-electron chi connectivity index (χ0n) is 17.7. The zero-order valence-corrected chi connectivity index (χ0v) is 17.7. The molecule has 1 N–H and O–H groups in total. The number of hydrogen-bond donors (Lipinski definition) is 1. The Morgan fingerprint density at radius 3 is 2.41 bits per heavy atom. The molecular formula is C23H25F3N2O4. The first-order valence-corrected chi connectivity index (χ1v) is 10.4. The summed E-state index contributed by atoms with van der Waals surface area (Å²) < 4.78 is 49.3. The number of carbonyl (C=O) groups excluding carboxylic acids is 2. The van der Waals surface area contributed by atoms with Crippen LogP contribution >= 0.6 is 0 Å². The maximum atomic E-state index is 12.8. The predicted molar refractivity (Wildman–Crippen MR) is 113 cm³/mol. The zero-order chi connectivity index (χ0) is 23.1. The van der Waals surface area contributed by atoms with Gasteiger partial charge in [-0.25, -0.2) is 0 Å². The van der Waals surface area contributed by atoms with Gasteiger partial charge < -0.3 is 19.7 Å². The first-order valence-electron chi connectivity index (χ1n) is 10.4. The second-order valence-corrected chi connectivity index (χ2v) is 7.39. The number of alkyl halides is 3. The molecule has 0 aromatic heterocycles. The number of nitrogens with zero attached hydrogens (tertiary/aromatic N) is 1. The Hall–Kier alpha value is -3.07. The Balaban J connectivity index is 1.48. The lowest BCUT2D eigenvalue weighted by molar-refractivity contribution is -0.137. The van der Waals surface area contributed by atoms with Crippen LogP contribution in [-0.2, 0) is 15.7 Å². The molecule has 0 unspecified atom stereocenters. The largest absolute Gasteiger partial charge is 0.484 e. The van der Waals surface area contributed by atoms with Gasteiger partial charge >= 0.3 is 6.18 Å². The normalized spacial score (nSPS) is 14.8. The highest BCUT2D eigenvalue weighted by Crippen LogP contribution is 2.30. The van der Waals surface area contributed by atoms with Crippen LogP contribution in [0.3, 0.4) is 0 Å². The van der Waals surface area contributed by atoms with Crippen molar-refractivity contribution in [3.8, 4) is 5.75 Å². The number of rotatable bonds is 7. The highest BCUT2D eigenvalue weighted by molar-refractivity contribution is 5.94. The summed E-state index contributed by atoms with van der Waals surface area (Å²) in [6.07, 6.45) is -2.68. The fourth-order valence-corrected chi connectivity index (χ4v) is 3.46. The van der Waals surface area contributed by atoms with Gasteiger partial charge in [0.2, 0.25) is 0 Å². The Bertz CT molecular complexity index is 924. The number of hydrogen-bond acceptors (Lipinski definition) is 4. The minimum Gasteiger partial charge on any atom is -0.484 e. The minimum atomic E-state index is -4.49. The quantitative estimate of drug-likeness (QED) is 0.681. The average molecular weight is 450 g/mol. The second kappa shape index (κ2) is 10.5. The highest BCUT2D eigenvalue weighted by Gasteiger charge is 2.30. The van der Waals surface area contributed by atoms with E-state index < -0.39 is 17.6 Å². The monoisotopic (exact) mass is 450 g/mol. The van der Waals surface area contributed by atoms with Crippen molar-refractivity contribution in [2.24, 2.45) is 0 Å². The molecule has 2 aromatic rings. The van der Waals surface area contributed by atoms with E-state index in [0.29, 0.717) is 31.0 Å². The van der Waals surface area contributed by atoms with E-state index >= 15 is 0 Å². The van der Waals surface area contributed by atoms with Crippen molar-refractivity contribution in [3.63, 3.8) is 0 Å². The van der Waals surface area contributed by atoms with Gasteiger partial charge in [0.15, 0.2) is 6.61 Å². The number of amides is 2. The number of likely N-dealkylation sites (tertiary alicyclic amines) is 1. The molecule has 3 rings (SSSR count). The first kappa shape index (κ1) is 23.6. The van der Waals surface area contributed by atoms with Gasteiger partial charge in [-0.05, 0) is 62.2 Å². The number of benzene rings is 2. The van der Waals surface area contributed by atoms with Crippen LogP contribution in [0.15, 0.2) is 48.5 Å². The third kappa shape index (κ3) is 6.46. The second-order valence-electron chi connectivity index (χ2n) is 7.39. The van der Waals surface area contributed by atoms with Gasteiger partial charge in [-0.1, -0.05) is 6.07 Å². The smallest absolute Gasteiger partial charge is 0.416 e. The number of anilines is 1. The Kier molecular flexibility index (Phi) is 7.74. The number of ether oxygens (including phenoxy) is 2. The predicted octanol–water partition coefficient (Wildman–Crippen LogP) is 4.36. The van der Waals surface area contributed by atoms with E-state index in [1.807, 2.05) is 6.92 Å². The van der Waals surface area contributed by atoms with Crippen LogP contribution in [0.2, 0.25) is 0 Å². The van der Waals surface area contributed by atoms with Crippen LogP contribution in [0.1, 0.15) is 35.7 Å². The average Bonchev–Trinajstić information content (AvgIpc) is 2.78. The molecule has 32 heavy (non-hydrogen) atoms. The molecule has 1 fully saturated rings. The first-order chi connectivity index (χ1) is 15.3. The number of carbonyl (C=O) groups is 2. The van der Waals surface area contributed by atoms with Crippen LogP contribution in [-0.4, -0.2) is 49.1 Å². The molecule has 0 atom stereocenters. The number of nitrogens with one attached hydrogen (secondary N) is 1. The highest BCUT2D eigenvalue weighted by atomic mass is 19.4. The van der Waals surface area contributed by atoms with Gasteiger partial charge in [0, 0.05) is 30.9 Å². The number of halogens is 3. The summed E-state index contributed by atoms with van der Waals surface area (Å²) in [6, 6.07) is 10.8. The van der Waals surface area contributed by atoms with Crippen molar-refractivity contribution in [1.29, 1.82) is 0 Å². The Labute approximate surface area is 184 Å². The van der Waals surface area contributed by atoms with Crippen LogP contribution in [0.25, 0.3) is 0 Å². The summed E-state index contributed by atoms with van der Waals surface area (Å²) >= 11 is 0. The molecule has 0 saturated carbocycles. The van der Waals surface area contributed by atoms with Crippen molar-refractivity contribution in [2.45, 2.75) is 32.0 Å². The maximum Gasteiger partial charge on any atom is 0.416 e. The Morgan fingerprint density at radius 1 is 1.09 bits per heavy atom. The molecular weight excluding hydrogens is 425 g/mol. The molecule has 1 aliphatic heterocycles. The minimum absolute atomic E-state index is 0.0301. The molecule has 1 saturated heterocycles. The van der Waals surface area contributed by atoms with Crippen LogP contribution < -0.4 is 10.1 Å². The molecule has 0 radical (unpaired) electrons. The van der Waals surface area contributed by atoms with E-state index in [1.165, 1.54) is 12.1 Å². The SMILES string of the molecule is CCOC1CCN(C(=O)c2ccc(OCC(=O)Nc3cccc(C(F)(F)F)c3)cc2)CC1. The summed E-state index contributed by atoms with van der Waals surface area (Å²) in [6.45, 7) is 3.51. The molecule has 1 heterocycles. The Morgan fingerprint density at radius 2 is 1.78 bits per heavy atom. The fourth-order valence-electron chi connectivity index (χ4n) is 3.46. The summed E-state index contributed by atoms with van der Waals surface area (Å²) in [5, 5.41) is 2.37. The fraction of sp³-hybridized carbons (Fsp3) is 0.391. The standard InChI is InChI=1S/C23H25F3N2O4/c1-2-31-20-10-12-28(13-11-20)22(30)16-6-8-19(9-7-16)32-15-21(29)27-18-5-3-4-17(14-18)23(24,25)26/h3-9,14,20H,2,10-13,15H2,1H3,(H,27,29). The van der Waals surface area contributed by atoms with E-state index in [0.717, 1.165) is 25.0 Å². The van der Waals surface area contributed by atoms with Crippen LogP contribution in [0.4, 0.5) is 18.9 Å². The van der Waals surface area contributed by atoms with E-state index in [-0.39, 0.29) is 24.3 Å². The van der Waals surface area contributed by atoms with Crippen LogP contribution in [0, 0.1) is 0 Å². The summed E-state index contributed by atoms with van der Waals surface area (Å²) in [7, 11) is 0. The van der Waals surface area contributed by atoms with Gasteiger partial charge in [0.05, 0.1) is 11.7 Å². The maximum absolute atomic E-state index is 12.8. The molecule has 0 spiro atoms. The lowest BCUT2D eigenvalue weighted by Gasteiger charge is -2.31. The van der Waals surface area contributed by atoms with E-state index in [9.17, 15) is 22.8 Å². The van der Waals surface area contributed by atoms with Gasteiger partial charge in [-0.3, -0.25) is 9.59 Å². The third-order valence-electron chi connectivity index (χ3n) is 5.08. The van der Waals surface area contributed by atoms with E-state index in [2.05, 4.69) is 5.32 Å². The topological polar surface area (TPSA) is 67.9 Å². The molecule has 172 valence electrons. The summed E-state index contributed by atoms with van der Waals surface area (Å²) in [5.74, 6) is -0.300. The lowest BCUT2D eigenvalue weighted by Crippen LogP contribution is -2.40. The van der Waals surface area contributed by atoms with Crippen LogP contribution in [0.5, 0.6) is 5.75 Å². The molecule has 6 nitrogen and oxygen atoms in total. The van der Waals surface area contributed by atoms with Crippen molar-refractivity contribution in [2.75, 3.05) is 31.6 Å². The van der Waals surface area contributed by atoms with E-state index in [1.54, 1.807) is 29.2 Å². The molecule has 1 aliphatic rings. The van der Waals surface area contributed by atoms with E-state index in [4.69, 9.17) is 9.47 Å². The van der Waals surface area contributed by atoms with Gasteiger partial charge in [0.1, 0.15) is 5.75 Å². The molecule has 2 amide bonds. The van der Waals surface area contributed by atoms with Crippen molar-refractivity contribution in [3.05, 3.63) is 59.7 Å². The molecule has 9 heteroatoms. The van der Waals surface area contributed by atoms with Gasteiger partial charge in [0.25, 0.3) is 11.8 Å². The summed E-state index contributed by atoms with van der Waals surface area (Å²) in [4.78, 5) is 26.4. The van der Waals surface area contributed by atoms with Crippen molar-refractivity contribution >= 4 is 17.5 Å². The number of piperidine rings is 1. The third-order valence-corrected chi connectivity index (χ3v) is 5.08.